The number of ether oxygens (including phenoxy) is 2. The molecule has 1 aliphatic heterocycles. The zero-order valence-corrected chi connectivity index (χ0v) is 17.3. The fraction of sp³-hybridized carbons (Fsp3) is 0.217. The molecule has 1 amide bonds. The molecular formula is C23H21N3O3S. The van der Waals surface area contributed by atoms with Crippen LogP contribution in [0, 0.1) is 6.92 Å². The first-order chi connectivity index (χ1) is 14.6. The van der Waals surface area contributed by atoms with E-state index in [1.807, 2.05) is 55.5 Å². The summed E-state index contributed by atoms with van der Waals surface area (Å²) in [5.41, 5.74) is 3.99. The van der Waals surface area contributed by atoms with Crippen LogP contribution in [-0.4, -0.2) is 17.7 Å². The maximum Gasteiger partial charge on any atom is 0.235 e. The monoisotopic (exact) mass is 419 g/mol. The number of hydrogen-bond donors (Lipinski definition) is 2. The Morgan fingerprint density at radius 3 is 2.77 bits per heavy atom. The zero-order valence-electron chi connectivity index (χ0n) is 16.5. The summed E-state index contributed by atoms with van der Waals surface area (Å²) in [6.45, 7) is 2.18. The number of nitrogens with zero attached hydrogens (tertiary/aromatic N) is 1. The summed E-state index contributed by atoms with van der Waals surface area (Å²) in [6.07, 6.45) is 3.31. The van der Waals surface area contributed by atoms with Crippen LogP contribution in [0.5, 0.6) is 11.5 Å². The van der Waals surface area contributed by atoms with Crippen LogP contribution >= 0.6 is 11.9 Å². The van der Waals surface area contributed by atoms with E-state index in [1.54, 1.807) is 6.20 Å². The molecule has 0 atom stereocenters. The number of aromatic nitrogens is 1. The molecule has 30 heavy (non-hydrogen) atoms. The number of aryl methyl sites for hydroxylation is 1. The van der Waals surface area contributed by atoms with Crippen LogP contribution in [0.1, 0.15) is 24.1 Å². The van der Waals surface area contributed by atoms with E-state index < -0.39 is 5.41 Å². The lowest BCUT2D eigenvalue weighted by Crippen LogP contribution is -2.27. The SMILES string of the molecule is Cc1ncc(NC(=O)C2(c3ccc4c(c3)OCO4)CC2)cc1-c1cccc(SN)c1. The summed E-state index contributed by atoms with van der Waals surface area (Å²) in [6, 6.07) is 15.7. The number of amides is 1. The predicted molar refractivity (Wildman–Crippen MR) is 117 cm³/mol. The number of nitrogens with two attached hydrogens (primary N) is 1. The van der Waals surface area contributed by atoms with E-state index in [0.717, 1.165) is 45.9 Å². The molecule has 1 aromatic heterocycles. The summed E-state index contributed by atoms with van der Waals surface area (Å²) in [7, 11) is 0. The summed E-state index contributed by atoms with van der Waals surface area (Å²) in [5.74, 6) is 1.40. The number of carbonyl (C=O) groups excluding carboxylic acids is 1. The molecule has 2 aliphatic rings. The lowest BCUT2D eigenvalue weighted by molar-refractivity contribution is -0.118. The highest BCUT2D eigenvalue weighted by Crippen LogP contribution is 2.51. The fourth-order valence-corrected chi connectivity index (χ4v) is 4.20. The molecule has 0 bridgehead atoms. The summed E-state index contributed by atoms with van der Waals surface area (Å²) < 4.78 is 10.9. The van der Waals surface area contributed by atoms with Gasteiger partial charge in [-0.05, 0) is 73.2 Å². The molecule has 0 saturated heterocycles. The van der Waals surface area contributed by atoms with Crippen LogP contribution < -0.4 is 19.9 Å². The van der Waals surface area contributed by atoms with Crippen LogP contribution in [0.15, 0.2) is 59.6 Å². The number of rotatable bonds is 5. The van der Waals surface area contributed by atoms with Gasteiger partial charge in [-0.25, -0.2) is 0 Å². The molecule has 7 heteroatoms. The quantitative estimate of drug-likeness (QED) is 0.596. The first-order valence-electron chi connectivity index (χ1n) is 9.74. The fourth-order valence-electron chi connectivity index (χ4n) is 3.85. The number of pyridine rings is 1. The lowest BCUT2D eigenvalue weighted by atomic mass is 9.94. The minimum atomic E-state index is -0.526. The lowest BCUT2D eigenvalue weighted by Gasteiger charge is -2.17. The highest BCUT2D eigenvalue weighted by atomic mass is 32.2. The van der Waals surface area contributed by atoms with Crippen molar-refractivity contribution in [1.29, 1.82) is 0 Å². The molecule has 5 rings (SSSR count). The molecule has 3 aromatic rings. The average molecular weight is 420 g/mol. The molecule has 0 radical (unpaired) electrons. The van der Waals surface area contributed by atoms with E-state index in [9.17, 15) is 4.79 Å². The Labute approximate surface area is 178 Å². The summed E-state index contributed by atoms with van der Waals surface area (Å²) in [4.78, 5) is 18.7. The topological polar surface area (TPSA) is 86.5 Å². The molecule has 0 unspecified atom stereocenters. The summed E-state index contributed by atoms with van der Waals surface area (Å²) >= 11 is 1.21. The Kier molecular flexibility index (Phi) is 4.64. The molecular weight excluding hydrogens is 398 g/mol. The summed E-state index contributed by atoms with van der Waals surface area (Å²) in [5, 5.41) is 8.78. The third kappa shape index (κ3) is 3.30. The van der Waals surface area contributed by atoms with Crippen LogP contribution in [0.25, 0.3) is 11.1 Å². The number of carbonyl (C=O) groups is 1. The van der Waals surface area contributed by atoms with Gasteiger partial charge in [0.15, 0.2) is 11.5 Å². The molecule has 2 aromatic carbocycles. The van der Waals surface area contributed by atoms with Gasteiger partial charge >= 0.3 is 0 Å². The maximum absolute atomic E-state index is 13.2. The van der Waals surface area contributed by atoms with E-state index in [-0.39, 0.29) is 12.7 Å². The van der Waals surface area contributed by atoms with Gasteiger partial charge in [0, 0.05) is 16.2 Å². The second kappa shape index (κ2) is 7.34. The first kappa shape index (κ1) is 19.0. The Morgan fingerprint density at radius 1 is 1.13 bits per heavy atom. The van der Waals surface area contributed by atoms with E-state index in [2.05, 4.69) is 10.3 Å². The van der Waals surface area contributed by atoms with Crippen molar-refractivity contribution in [2.24, 2.45) is 5.14 Å². The second-order valence-corrected chi connectivity index (χ2v) is 8.31. The molecule has 152 valence electrons. The standard InChI is InChI=1S/C23H21N3O3S/c1-14-19(15-3-2-4-18(9-15)30-24)11-17(12-25-14)26-22(27)23(7-8-23)16-5-6-20-21(10-16)29-13-28-20/h2-6,9-12H,7-8,13,24H2,1H3,(H,26,27). The number of nitrogens with one attached hydrogen (secondary N) is 1. The normalized spacial score (nSPS) is 15.7. The first-order valence-corrected chi connectivity index (χ1v) is 10.6. The van der Waals surface area contributed by atoms with E-state index in [0.29, 0.717) is 11.4 Å². The van der Waals surface area contributed by atoms with Gasteiger partial charge in [0.2, 0.25) is 12.7 Å². The van der Waals surface area contributed by atoms with E-state index in [1.165, 1.54) is 11.9 Å². The second-order valence-electron chi connectivity index (χ2n) is 7.61. The highest BCUT2D eigenvalue weighted by Gasteiger charge is 2.51. The van der Waals surface area contributed by atoms with Crippen molar-refractivity contribution in [3.63, 3.8) is 0 Å². The van der Waals surface area contributed by atoms with Crippen LogP contribution in [0.3, 0.4) is 0 Å². The minimum absolute atomic E-state index is 0.0239. The number of hydrogen-bond acceptors (Lipinski definition) is 6. The smallest absolute Gasteiger partial charge is 0.235 e. The minimum Gasteiger partial charge on any atom is -0.454 e. The van der Waals surface area contributed by atoms with E-state index >= 15 is 0 Å². The van der Waals surface area contributed by atoms with Crippen LogP contribution in [0.2, 0.25) is 0 Å². The molecule has 6 nitrogen and oxygen atoms in total. The Morgan fingerprint density at radius 2 is 1.97 bits per heavy atom. The Bertz CT molecular complexity index is 1140. The third-order valence-electron chi connectivity index (χ3n) is 5.74. The third-order valence-corrected chi connectivity index (χ3v) is 6.26. The van der Waals surface area contributed by atoms with Gasteiger partial charge in [-0.15, -0.1) is 0 Å². The molecule has 1 saturated carbocycles. The van der Waals surface area contributed by atoms with Crippen LogP contribution in [-0.2, 0) is 10.2 Å². The number of benzene rings is 2. The molecule has 1 fully saturated rings. The predicted octanol–water partition coefficient (Wildman–Crippen LogP) is 4.42. The zero-order chi connectivity index (χ0) is 20.7. The van der Waals surface area contributed by atoms with Crippen molar-refractivity contribution in [3.05, 3.63) is 66.0 Å². The highest BCUT2D eigenvalue weighted by molar-refractivity contribution is 7.97. The molecule has 1 aliphatic carbocycles. The van der Waals surface area contributed by atoms with E-state index in [4.69, 9.17) is 14.6 Å². The Balaban J connectivity index is 1.41. The largest absolute Gasteiger partial charge is 0.454 e. The number of fused-ring (bicyclic) bond motifs is 1. The van der Waals surface area contributed by atoms with Gasteiger partial charge in [-0.3, -0.25) is 14.9 Å². The van der Waals surface area contributed by atoms with Gasteiger partial charge in [-0.2, -0.15) is 0 Å². The van der Waals surface area contributed by atoms with Crippen molar-refractivity contribution >= 4 is 23.5 Å². The molecule has 0 spiro atoms. The van der Waals surface area contributed by atoms with Crippen molar-refractivity contribution in [1.82, 2.24) is 4.98 Å². The Hall–Kier alpha value is -3.03. The van der Waals surface area contributed by atoms with Gasteiger partial charge in [0.05, 0.1) is 17.3 Å². The average Bonchev–Trinajstić information content (AvgIpc) is 3.46. The van der Waals surface area contributed by atoms with Gasteiger partial charge in [-0.1, -0.05) is 18.2 Å². The van der Waals surface area contributed by atoms with Gasteiger partial charge < -0.3 is 14.8 Å². The van der Waals surface area contributed by atoms with Crippen molar-refractivity contribution in [3.8, 4) is 22.6 Å². The van der Waals surface area contributed by atoms with Crippen molar-refractivity contribution in [2.75, 3.05) is 12.1 Å². The number of anilines is 1. The van der Waals surface area contributed by atoms with Gasteiger partial charge in [0.1, 0.15) is 0 Å². The van der Waals surface area contributed by atoms with Gasteiger partial charge in [0.25, 0.3) is 0 Å². The molecule has 2 heterocycles. The van der Waals surface area contributed by atoms with Crippen molar-refractivity contribution < 1.29 is 14.3 Å². The van der Waals surface area contributed by atoms with Crippen molar-refractivity contribution in [2.45, 2.75) is 30.1 Å². The molecule has 3 N–H and O–H groups in total. The maximum atomic E-state index is 13.2. The van der Waals surface area contributed by atoms with Crippen LogP contribution in [0.4, 0.5) is 5.69 Å².